The zero-order valence-electron chi connectivity index (χ0n) is 43.7. The molecule has 8 nitrogen and oxygen atoms in total. The molecule has 65 heavy (non-hydrogen) atoms. The largest absolute Gasteiger partial charge is 0.477 e. The molecule has 0 aliphatic heterocycles. The first-order chi connectivity index (χ1) is 31.6. The minimum absolute atomic E-state index is 0.0533. The molecule has 0 bridgehead atoms. The van der Waals surface area contributed by atoms with Gasteiger partial charge in [-0.25, -0.2) is 4.79 Å². The topological polar surface area (TPSA) is 99.1 Å². The standard InChI is InChI=1S/C57H107NO7/c1-6-8-10-12-14-16-18-20-22-24-26-27-28-29-30-32-34-36-38-40-42-44-46-48-56(60)65-53(51-63-50-49-54(57(61)62)58(3,4)5)52-64-55(59)47-45-43-41-39-37-35-33-31-25-23-21-19-17-15-13-11-9-7-2/h29-31,33,53-54H,6-28,32,34-52H2,1-5H3/p+1/b30-29+,33-31+. The molecule has 0 aromatic heterocycles. The fourth-order valence-corrected chi connectivity index (χ4v) is 8.50. The normalized spacial score (nSPS) is 12.9. The molecular formula is C57H108NO7+. The summed E-state index contributed by atoms with van der Waals surface area (Å²) in [5, 5.41) is 9.67. The van der Waals surface area contributed by atoms with Crippen LogP contribution in [0.5, 0.6) is 0 Å². The van der Waals surface area contributed by atoms with Crippen molar-refractivity contribution in [2.45, 2.75) is 283 Å². The molecule has 1 N–H and O–H groups in total. The number of hydrogen-bond acceptors (Lipinski definition) is 6. The van der Waals surface area contributed by atoms with Crippen molar-refractivity contribution in [2.75, 3.05) is 41.0 Å². The lowest BCUT2D eigenvalue weighted by Gasteiger charge is -2.31. The Hall–Kier alpha value is -2.19. The van der Waals surface area contributed by atoms with E-state index in [1.807, 2.05) is 21.1 Å². The van der Waals surface area contributed by atoms with Gasteiger partial charge in [-0.05, 0) is 64.2 Å². The number of quaternary nitrogens is 1. The SMILES string of the molecule is CCCCCCCCCCC/C=C/CCCCCCCC(=O)OCC(COCCC(C(=O)O)[N+](C)(C)C)OC(=O)CCCCCCCCC/C=C/CCCCCCCCCCCCCC. The van der Waals surface area contributed by atoms with Crippen LogP contribution in [0.4, 0.5) is 0 Å². The van der Waals surface area contributed by atoms with Crippen molar-refractivity contribution in [3.05, 3.63) is 24.3 Å². The first-order valence-electron chi connectivity index (χ1n) is 27.9. The number of likely N-dealkylation sites (N-methyl/N-ethyl adjacent to an activating group) is 1. The molecule has 0 aliphatic rings. The number of carbonyl (C=O) groups is 3. The number of rotatable bonds is 51. The Morgan fingerprint density at radius 3 is 1.11 bits per heavy atom. The van der Waals surface area contributed by atoms with Crippen LogP contribution < -0.4 is 0 Å². The van der Waals surface area contributed by atoms with Crippen LogP contribution in [0.2, 0.25) is 0 Å². The van der Waals surface area contributed by atoms with Crippen LogP contribution in [0.3, 0.4) is 0 Å². The van der Waals surface area contributed by atoms with E-state index >= 15 is 0 Å². The third-order valence-corrected chi connectivity index (χ3v) is 12.8. The van der Waals surface area contributed by atoms with E-state index < -0.39 is 18.1 Å². The molecule has 0 saturated heterocycles. The van der Waals surface area contributed by atoms with Gasteiger partial charge in [-0.2, -0.15) is 0 Å². The molecule has 0 amide bonds. The number of carboxylic acid groups (broad SMARTS) is 1. The van der Waals surface area contributed by atoms with Gasteiger partial charge in [0, 0.05) is 19.3 Å². The zero-order valence-corrected chi connectivity index (χ0v) is 43.7. The predicted molar refractivity (Wildman–Crippen MR) is 275 cm³/mol. The van der Waals surface area contributed by atoms with Gasteiger partial charge >= 0.3 is 17.9 Å². The van der Waals surface area contributed by atoms with Gasteiger partial charge in [-0.3, -0.25) is 9.59 Å². The molecule has 382 valence electrons. The van der Waals surface area contributed by atoms with E-state index in [-0.39, 0.29) is 36.2 Å². The van der Waals surface area contributed by atoms with E-state index in [2.05, 4.69) is 38.2 Å². The molecule has 0 aromatic carbocycles. The fourth-order valence-electron chi connectivity index (χ4n) is 8.50. The molecule has 0 saturated carbocycles. The summed E-state index contributed by atoms with van der Waals surface area (Å²) in [6.07, 6.45) is 56.7. The maximum Gasteiger partial charge on any atom is 0.362 e. The number of carbonyl (C=O) groups excluding carboxylic acids is 2. The first kappa shape index (κ1) is 62.8. The van der Waals surface area contributed by atoms with Crippen molar-refractivity contribution in [2.24, 2.45) is 0 Å². The average molecular weight is 919 g/mol. The Bertz CT molecular complexity index is 1120. The molecule has 0 fully saturated rings. The molecule has 0 radical (unpaired) electrons. The number of ether oxygens (including phenoxy) is 3. The molecular weight excluding hydrogens is 811 g/mol. The van der Waals surface area contributed by atoms with Crippen LogP contribution in [0, 0.1) is 0 Å². The molecule has 0 spiro atoms. The minimum Gasteiger partial charge on any atom is -0.477 e. The van der Waals surface area contributed by atoms with Gasteiger partial charge in [0.05, 0.1) is 34.4 Å². The van der Waals surface area contributed by atoms with Crippen LogP contribution >= 0.6 is 0 Å². The molecule has 0 aromatic rings. The van der Waals surface area contributed by atoms with Crippen molar-refractivity contribution in [1.29, 1.82) is 0 Å². The Morgan fingerprint density at radius 2 is 0.769 bits per heavy atom. The monoisotopic (exact) mass is 919 g/mol. The van der Waals surface area contributed by atoms with Gasteiger partial charge < -0.3 is 23.8 Å². The minimum atomic E-state index is -0.873. The molecule has 8 heteroatoms. The van der Waals surface area contributed by atoms with E-state index in [0.717, 1.165) is 44.9 Å². The average Bonchev–Trinajstić information content (AvgIpc) is 3.27. The summed E-state index contributed by atoms with van der Waals surface area (Å²) in [5.74, 6) is -1.47. The van der Waals surface area contributed by atoms with E-state index in [4.69, 9.17) is 14.2 Å². The van der Waals surface area contributed by atoms with Gasteiger partial charge in [0.2, 0.25) is 0 Å². The maximum absolute atomic E-state index is 12.8. The lowest BCUT2D eigenvalue weighted by Crippen LogP contribution is -2.50. The van der Waals surface area contributed by atoms with Crippen molar-refractivity contribution in [3.63, 3.8) is 0 Å². The van der Waals surface area contributed by atoms with Crippen LogP contribution in [-0.2, 0) is 28.6 Å². The Labute approximate surface area is 402 Å². The summed E-state index contributed by atoms with van der Waals surface area (Å²) in [6, 6.07) is -0.615. The lowest BCUT2D eigenvalue weighted by atomic mass is 10.0. The highest BCUT2D eigenvalue weighted by molar-refractivity contribution is 5.72. The smallest absolute Gasteiger partial charge is 0.362 e. The van der Waals surface area contributed by atoms with Crippen LogP contribution in [0.1, 0.15) is 271 Å². The molecule has 2 unspecified atom stereocenters. The van der Waals surface area contributed by atoms with Crippen molar-refractivity contribution < 1.29 is 38.2 Å². The first-order valence-corrected chi connectivity index (χ1v) is 27.9. The Kier molecular flexibility index (Phi) is 46.6. The van der Waals surface area contributed by atoms with Crippen LogP contribution in [0.25, 0.3) is 0 Å². The lowest BCUT2D eigenvalue weighted by molar-refractivity contribution is -0.887. The van der Waals surface area contributed by atoms with E-state index in [1.54, 1.807) is 0 Å². The van der Waals surface area contributed by atoms with Gasteiger partial charge in [0.15, 0.2) is 12.1 Å². The summed E-state index contributed by atoms with van der Waals surface area (Å²) >= 11 is 0. The van der Waals surface area contributed by atoms with E-state index in [9.17, 15) is 19.5 Å². The number of unbranched alkanes of at least 4 members (excludes halogenated alkanes) is 33. The number of aliphatic carboxylic acids is 1. The second-order valence-corrected chi connectivity index (χ2v) is 20.2. The van der Waals surface area contributed by atoms with E-state index in [1.165, 1.54) is 193 Å². The van der Waals surface area contributed by atoms with Crippen molar-refractivity contribution in [3.8, 4) is 0 Å². The fraction of sp³-hybridized carbons (Fsp3) is 0.877. The van der Waals surface area contributed by atoms with Gasteiger partial charge in [-0.15, -0.1) is 0 Å². The Morgan fingerprint density at radius 1 is 0.446 bits per heavy atom. The molecule has 0 aliphatic carbocycles. The van der Waals surface area contributed by atoms with Crippen LogP contribution in [-0.4, -0.2) is 80.6 Å². The van der Waals surface area contributed by atoms with Gasteiger partial charge in [0.25, 0.3) is 0 Å². The molecule has 0 heterocycles. The molecule has 2 atom stereocenters. The second-order valence-electron chi connectivity index (χ2n) is 20.2. The summed E-state index contributed by atoms with van der Waals surface area (Å²) in [4.78, 5) is 37.2. The summed E-state index contributed by atoms with van der Waals surface area (Å²) < 4.78 is 17.4. The molecule has 0 rings (SSSR count). The summed E-state index contributed by atoms with van der Waals surface area (Å²) in [7, 11) is 5.54. The summed E-state index contributed by atoms with van der Waals surface area (Å²) in [6.45, 7) is 4.77. The number of nitrogens with zero attached hydrogens (tertiary/aromatic N) is 1. The van der Waals surface area contributed by atoms with E-state index in [0.29, 0.717) is 19.3 Å². The van der Waals surface area contributed by atoms with Gasteiger partial charge in [-0.1, -0.05) is 212 Å². The number of hydrogen-bond donors (Lipinski definition) is 1. The van der Waals surface area contributed by atoms with Crippen molar-refractivity contribution in [1.82, 2.24) is 0 Å². The number of carboxylic acids is 1. The number of allylic oxidation sites excluding steroid dienone is 4. The summed E-state index contributed by atoms with van der Waals surface area (Å²) in [5.41, 5.74) is 0. The Balaban J connectivity index is 4.19. The quantitative estimate of drug-likeness (QED) is 0.0281. The van der Waals surface area contributed by atoms with Crippen LogP contribution in [0.15, 0.2) is 24.3 Å². The highest BCUT2D eigenvalue weighted by Gasteiger charge is 2.31. The second kappa shape index (κ2) is 48.3. The maximum atomic E-state index is 12.8. The number of esters is 2. The predicted octanol–water partition coefficient (Wildman–Crippen LogP) is 16.4. The highest BCUT2D eigenvalue weighted by atomic mass is 16.6. The third kappa shape index (κ3) is 46.7. The zero-order chi connectivity index (χ0) is 47.7. The van der Waals surface area contributed by atoms with Gasteiger partial charge in [0.1, 0.15) is 6.61 Å². The highest BCUT2D eigenvalue weighted by Crippen LogP contribution is 2.16. The third-order valence-electron chi connectivity index (χ3n) is 12.8. The van der Waals surface area contributed by atoms with Crippen molar-refractivity contribution >= 4 is 17.9 Å².